The number of rotatable bonds is 7. The normalized spacial score (nSPS) is 20.9. The molecule has 0 amide bonds. The Labute approximate surface area is 190 Å². The molecular formula is C24H35N7O. The second kappa shape index (κ2) is 10.7. The van der Waals surface area contributed by atoms with Crippen LogP contribution >= 0.6 is 0 Å². The molecule has 0 saturated carbocycles. The van der Waals surface area contributed by atoms with Gasteiger partial charge in [0.2, 0.25) is 0 Å². The van der Waals surface area contributed by atoms with Crippen LogP contribution < -0.4 is 10.7 Å². The summed E-state index contributed by atoms with van der Waals surface area (Å²) in [6.07, 6.45) is 7.33. The minimum Gasteiger partial charge on any atom is -0.376 e. The van der Waals surface area contributed by atoms with E-state index in [9.17, 15) is 0 Å². The molecule has 1 atom stereocenters. The summed E-state index contributed by atoms with van der Waals surface area (Å²) < 4.78 is 7.70. The molecule has 2 saturated heterocycles. The van der Waals surface area contributed by atoms with E-state index in [0.29, 0.717) is 12.3 Å². The highest BCUT2D eigenvalue weighted by Crippen LogP contribution is 2.22. The van der Waals surface area contributed by atoms with Crippen molar-refractivity contribution in [2.75, 3.05) is 44.2 Å². The number of ether oxygens (including phenoxy) is 1. The quantitative estimate of drug-likeness (QED) is 0.408. The van der Waals surface area contributed by atoms with Crippen molar-refractivity contribution in [3.63, 3.8) is 0 Å². The fraction of sp³-hybridized carbons (Fsp3) is 0.542. The summed E-state index contributed by atoms with van der Waals surface area (Å²) in [7, 11) is 2.00. The predicted molar refractivity (Wildman–Crippen MR) is 130 cm³/mol. The number of aromatic nitrogens is 2. The van der Waals surface area contributed by atoms with Crippen LogP contribution in [0.1, 0.15) is 36.1 Å². The zero-order valence-corrected chi connectivity index (χ0v) is 19.3. The molecule has 8 nitrogen and oxygen atoms in total. The lowest BCUT2D eigenvalue weighted by Gasteiger charge is -2.36. The number of anilines is 1. The first kappa shape index (κ1) is 22.5. The van der Waals surface area contributed by atoms with Gasteiger partial charge in [0.1, 0.15) is 5.71 Å². The van der Waals surface area contributed by atoms with Crippen molar-refractivity contribution in [3.05, 3.63) is 47.3 Å². The van der Waals surface area contributed by atoms with Crippen molar-refractivity contribution < 1.29 is 4.74 Å². The van der Waals surface area contributed by atoms with Crippen LogP contribution in [0.25, 0.3) is 0 Å². The van der Waals surface area contributed by atoms with Gasteiger partial charge in [-0.3, -0.25) is 14.6 Å². The number of nitrogens with two attached hydrogens (primary N) is 1. The second-order valence-electron chi connectivity index (χ2n) is 8.71. The maximum atomic E-state index is 5.75. The van der Waals surface area contributed by atoms with E-state index >= 15 is 0 Å². The highest BCUT2D eigenvalue weighted by Gasteiger charge is 2.19. The largest absolute Gasteiger partial charge is 0.376 e. The van der Waals surface area contributed by atoms with E-state index in [1.807, 2.05) is 17.9 Å². The first-order valence-electron chi connectivity index (χ1n) is 11.6. The Balaban J connectivity index is 1.33. The molecule has 2 aliphatic heterocycles. The van der Waals surface area contributed by atoms with Crippen LogP contribution in [0.5, 0.6) is 0 Å². The maximum absolute atomic E-state index is 5.75. The van der Waals surface area contributed by atoms with E-state index in [4.69, 9.17) is 10.6 Å². The van der Waals surface area contributed by atoms with E-state index in [1.54, 1.807) is 6.21 Å². The van der Waals surface area contributed by atoms with E-state index in [-0.39, 0.29) is 6.10 Å². The Morgan fingerprint density at radius 3 is 2.72 bits per heavy atom. The van der Waals surface area contributed by atoms with Gasteiger partial charge in [0, 0.05) is 70.0 Å². The molecule has 0 bridgehead atoms. The summed E-state index contributed by atoms with van der Waals surface area (Å²) in [5, 5.41) is 8.27. The lowest BCUT2D eigenvalue weighted by Crippen LogP contribution is -2.46. The van der Waals surface area contributed by atoms with Gasteiger partial charge in [-0.05, 0) is 49.9 Å². The highest BCUT2D eigenvalue weighted by atomic mass is 16.5. The number of nitrogens with zero attached hydrogens (tertiary/aromatic N) is 6. The summed E-state index contributed by atoms with van der Waals surface area (Å²) in [5.41, 5.74) is 5.40. The zero-order chi connectivity index (χ0) is 22.3. The molecule has 1 unspecified atom stereocenters. The molecule has 2 N–H and O–H groups in total. The van der Waals surface area contributed by atoms with Gasteiger partial charge in [-0.1, -0.05) is 6.07 Å². The van der Waals surface area contributed by atoms with Crippen LogP contribution in [-0.2, 0) is 18.3 Å². The average Bonchev–Trinajstić information content (AvgIpc) is 3.22. The third-order valence-electron chi connectivity index (χ3n) is 6.47. The van der Waals surface area contributed by atoms with Crippen molar-refractivity contribution >= 4 is 17.6 Å². The summed E-state index contributed by atoms with van der Waals surface area (Å²) in [4.78, 5) is 9.49. The fourth-order valence-corrected chi connectivity index (χ4v) is 4.46. The molecule has 1 aromatic carbocycles. The number of benzene rings is 1. The number of piperazine rings is 1. The van der Waals surface area contributed by atoms with Gasteiger partial charge in [0.25, 0.3) is 0 Å². The molecule has 0 spiro atoms. The van der Waals surface area contributed by atoms with Gasteiger partial charge in [-0.15, -0.1) is 0 Å². The first-order valence-corrected chi connectivity index (χ1v) is 11.6. The van der Waals surface area contributed by atoms with Crippen LogP contribution in [0.2, 0.25) is 0 Å². The van der Waals surface area contributed by atoms with Gasteiger partial charge in [0.15, 0.2) is 0 Å². The molecule has 172 valence electrons. The number of aliphatic imine (C=N–C) groups is 1. The Morgan fingerprint density at radius 2 is 2.06 bits per heavy atom. The van der Waals surface area contributed by atoms with Gasteiger partial charge in [0.05, 0.1) is 18.3 Å². The van der Waals surface area contributed by atoms with Gasteiger partial charge in [-0.25, -0.2) is 0 Å². The van der Waals surface area contributed by atoms with Crippen LogP contribution in [-0.4, -0.2) is 72.0 Å². The van der Waals surface area contributed by atoms with E-state index < -0.39 is 0 Å². The lowest BCUT2D eigenvalue weighted by molar-refractivity contribution is 0.0226. The number of hydrogen-bond donors (Lipinski definition) is 1. The molecule has 8 heteroatoms. The second-order valence-corrected chi connectivity index (χ2v) is 8.71. The molecule has 2 fully saturated rings. The van der Waals surface area contributed by atoms with E-state index in [0.717, 1.165) is 63.3 Å². The van der Waals surface area contributed by atoms with Crippen LogP contribution in [0.15, 0.2) is 40.6 Å². The van der Waals surface area contributed by atoms with E-state index in [1.165, 1.54) is 17.8 Å². The average molecular weight is 438 g/mol. The summed E-state index contributed by atoms with van der Waals surface area (Å²) >= 11 is 0. The van der Waals surface area contributed by atoms with Crippen molar-refractivity contribution in [1.82, 2.24) is 14.7 Å². The molecule has 1 aromatic heterocycles. The molecule has 0 aliphatic carbocycles. The van der Waals surface area contributed by atoms with Gasteiger partial charge < -0.3 is 15.5 Å². The molecule has 2 aliphatic rings. The van der Waals surface area contributed by atoms with Gasteiger partial charge >= 0.3 is 0 Å². The third-order valence-corrected chi connectivity index (χ3v) is 6.47. The summed E-state index contributed by atoms with van der Waals surface area (Å²) in [6.45, 7) is 8.67. The molecule has 32 heavy (non-hydrogen) atoms. The molecule has 2 aromatic rings. The Kier molecular flexibility index (Phi) is 7.55. The molecular weight excluding hydrogens is 402 g/mol. The van der Waals surface area contributed by atoms with E-state index in [2.05, 4.69) is 56.2 Å². The maximum Gasteiger partial charge on any atom is 0.108 e. The SMILES string of the molecule is Cc1cc(N2CCN(Cc3ccnn3C)CC2)ccc1/C(C=NCC1CCCCO1)=N/N. The third kappa shape index (κ3) is 5.55. The standard InChI is InChI=1S/C24H35N7O/c1-19-15-20(31-12-10-30(11-13-31)18-21-8-9-27-29(21)2)6-7-23(19)24(28-25)17-26-16-22-5-3-4-14-32-22/h6-9,15,17,22H,3-5,10-14,16,18,25H2,1-2H3/b26-17?,28-24+. The van der Waals surface area contributed by atoms with Crippen molar-refractivity contribution in [2.24, 2.45) is 23.0 Å². The molecule has 0 radical (unpaired) electrons. The number of hydrogen-bond acceptors (Lipinski definition) is 7. The number of hydrazone groups is 1. The predicted octanol–water partition coefficient (Wildman–Crippen LogP) is 2.35. The fourth-order valence-electron chi connectivity index (χ4n) is 4.46. The van der Waals surface area contributed by atoms with Crippen molar-refractivity contribution in [3.8, 4) is 0 Å². The zero-order valence-electron chi connectivity index (χ0n) is 19.3. The smallest absolute Gasteiger partial charge is 0.108 e. The highest BCUT2D eigenvalue weighted by molar-refractivity contribution is 6.38. The first-order chi connectivity index (χ1) is 15.6. The molecule has 3 heterocycles. The Bertz CT molecular complexity index is 938. The van der Waals surface area contributed by atoms with Crippen LogP contribution in [0, 0.1) is 6.92 Å². The summed E-state index contributed by atoms with van der Waals surface area (Å²) in [6, 6.07) is 8.61. The Morgan fingerprint density at radius 1 is 1.22 bits per heavy atom. The van der Waals surface area contributed by atoms with Crippen molar-refractivity contribution in [2.45, 2.75) is 38.8 Å². The molecule has 4 rings (SSSR count). The number of aryl methyl sites for hydroxylation is 2. The monoisotopic (exact) mass is 437 g/mol. The topological polar surface area (TPSA) is 84.3 Å². The Hall–Kier alpha value is -2.71. The van der Waals surface area contributed by atoms with Crippen molar-refractivity contribution in [1.29, 1.82) is 0 Å². The summed E-state index contributed by atoms with van der Waals surface area (Å²) in [5.74, 6) is 5.70. The minimum atomic E-state index is 0.221. The van der Waals surface area contributed by atoms with Crippen LogP contribution in [0.4, 0.5) is 5.69 Å². The lowest BCUT2D eigenvalue weighted by atomic mass is 10.0. The van der Waals surface area contributed by atoms with Gasteiger partial charge in [-0.2, -0.15) is 10.2 Å². The van der Waals surface area contributed by atoms with Crippen LogP contribution in [0.3, 0.4) is 0 Å². The minimum absolute atomic E-state index is 0.221.